The number of aromatic nitrogens is 2. The summed E-state index contributed by atoms with van der Waals surface area (Å²) in [6, 6.07) is 15.8. The predicted molar refractivity (Wildman–Crippen MR) is 99.9 cm³/mol. The highest BCUT2D eigenvalue weighted by Crippen LogP contribution is 2.43. The molecular formula is C21H23N3O2. The van der Waals surface area contributed by atoms with Crippen LogP contribution in [0.5, 0.6) is 0 Å². The molecule has 1 aromatic carbocycles. The van der Waals surface area contributed by atoms with E-state index >= 15 is 0 Å². The van der Waals surface area contributed by atoms with E-state index in [0.29, 0.717) is 12.2 Å². The Balaban J connectivity index is 1.39. The molecule has 0 bridgehead atoms. The molecule has 0 radical (unpaired) electrons. The Bertz CT molecular complexity index is 917. The highest BCUT2D eigenvalue weighted by atomic mass is 16.5. The molecule has 1 fully saturated rings. The van der Waals surface area contributed by atoms with Crippen molar-refractivity contribution in [3.05, 3.63) is 72.1 Å². The van der Waals surface area contributed by atoms with Crippen LogP contribution in [0.25, 0.3) is 5.52 Å². The molecule has 2 heterocycles. The van der Waals surface area contributed by atoms with Crippen LogP contribution >= 0.6 is 0 Å². The lowest BCUT2D eigenvalue weighted by atomic mass is 9.64. The van der Waals surface area contributed by atoms with E-state index in [2.05, 4.69) is 36.4 Å². The molecule has 1 amide bonds. The van der Waals surface area contributed by atoms with Gasteiger partial charge in [-0.05, 0) is 30.2 Å². The van der Waals surface area contributed by atoms with Crippen LogP contribution in [0.3, 0.4) is 0 Å². The van der Waals surface area contributed by atoms with Crippen molar-refractivity contribution in [3.63, 3.8) is 0 Å². The number of fused-ring (bicyclic) bond motifs is 1. The Morgan fingerprint density at radius 3 is 2.81 bits per heavy atom. The number of nitrogens with one attached hydrogen (secondary N) is 1. The molecule has 26 heavy (non-hydrogen) atoms. The van der Waals surface area contributed by atoms with Crippen LogP contribution in [0.1, 0.15) is 36.2 Å². The molecule has 5 nitrogen and oxygen atoms in total. The van der Waals surface area contributed by atoms with Crippen molar-refractivity contribution in [1.29, 1.82) is 0 Å². The highest BCUT2D eigenvalue weighted by molar-refractivity contribution is 6.00. The third-order valence-electron chi connectivity index (χ3n) is 5.46. The normalized spacial score (nSPS) is 21.3. The van der Waals surface area contributed by atoms with E-state index in [4.69, 9.17) is 4.74 Å². The molecule has 0 aliphatic heterocycles. The summed E-state index contributed by atoms with van der Waals surface area (Å²) in [6.07, 6.45) is 4.51. The minimum absolute atomic E-state index is 0.0596. The van der Waals surface area contributed by atoms with Crippen molar-refractivity contribution in [2.24, 2.45) is 5.41 Å². The molecule has 1 saturated carbocycles. The number of carbonyl (C=O) groups is 1. The van der Waals surface area contributed by atoms with Crippen LogP contribution in [-0.2, 0) is 11.3 Å². The third-order valence-corrected chi connectivity index (χ3v) is 5.46. The zero-order chi connectivity index (χ0) is 18.1. The molecule has 0 spiro atoms. The van der Waals surface area contributed by atoms with Gasteiger partial charge in [0.2, 0.25) is 0 Å². The zero-order valence-electron chi connectivity index (χ0n) is 15.1. The molecule has 5 heteroatoms. The quantitative estimate of drug-likeness (QED) is 0.768. The van der Waals surface area contributed by atoms with Crippen LogP contribution in [0.4, 0.5) is 0 Å². The number of nitrogens with zero attached hydrogens (tertiary/aromatic N) is 2. The van der Waals surface area contributed by atoms with Crippen LogP contribution in [0.15, 0.2) is 60.9 Å². The largest absolute Gasteiger partial charge is 0.373 e. The number of hydrogen-bond acceptors (Lipinski definition) is 3. The van der Waals surface area contributed by atoms with Crippen molar-refractivity contribution < 1.29 is 9.53 Å². The lowest BCUT2D eigenvalue weighted by molar-refractivity contribution is -0.122. The van der Waals surface area contributed by atoms with E-state index in [1.807, 2.05) is 42.6 Å². The summed E-state index contributed by atoms with van der Waals surface area (Å²) in [5.74, 6) is -0.0596. The molecule has 2 atom stereocenters. The monoisotopic (exact) mass is 349 g/mol. The zero-order valence-corrected chi connectivity index (χ0v) is 15.1. The van der Waals surface area contributed by atoms with Gasteiger partial charge in [-0.15, -0.1) is 0 Å². The third kappa shape index (κ3) is 2.99. The van der Waals surface area contributed by atoms with E-state index < -0.39 is 0 Å². The van der Waals surface area contributed by atoms with Gasteiger partial charge in [-0.3, -0.25) is 4.79 Å². The van der Waals surface area contributed by atoms with Gasteiger partial charge >= 0.3 is 0 Å². The summed E-state index contributed by atoms with van der Waals surface area (Å²) in [7, 11) is 0. The van der Waals surface area contributed by atoms with E-state index in [1.54, 1.807) is 10.7 Å². The Morgan fingerprint density at radius 1 is 1.23 bits per heavy atom. The van der Waals surface area contributed by atoms with Gasteiger partial charge in [-0.25, -0.2) is 4.52 Å². The number of benzene rings is 1. The second-order valence-electron chi connectivity index (χ2n) is 7.45. The summed E-state index contributed by atoms with van der Waals surface area (Å²) in [6.45, 7) is 4.90. The van der Waals surface area contributed by atoms with Crippen LogP contribution in [-0.4, -0.2) is 27.7 Å². The molecule has 2 aromatic heterocycles. The van der Waals surface area contributed by atoms with Gasteiger partial charge in [0.05, 0.1) is 30.0 Å². The fourth-order valence-corrected chi connectivity index (χ4v) is 3.56. The van der Waals surface area contributed by atoms with Crippen molar-refractivity contribution in [2.45, 2.75) is 39.0 Å². The van der Waals surface area contributed by atoms with Gasteiger partial charge in [0.25, 0.3) is 5.91 Å². The summed E-state index contributed by atoms with van der Waals surface area (Å²) in [4.78, 5) is 12.7. The maximum atomic E-state index is 12.7. The molecule has 4 rings (SSSR count). The Labute approximate surface area is 153 Å². The SMILES string of the molecule is CC1(C)C(NC(=O)c2cccn3nccc23)CC1OCc1ccccc1. The summed E-state index contributed by atoms with van der Waals surface area (Å²) in [5, 5.41) is 7.36. The van der Waals surface area contributed by atoms with Gasteiger partial charge in [0.15, 0.2) is 0 Å². The fourth-order valence-electron chi connectivity index (χ4n) is 3.56. The van der Waals surface area contributed by atoms with Gasteiger partial charge in [0.1, 0.15) is 0 Å². The summed E-state index contributed by atoms with van der Waals surface area (Å²) < 4.78 is 7.80. The Hall–Kier alpha value is -2.66. The number of amides is 1. The second-order valence-corrected chi connectivity index (χ2v) is 7.45. The molecule has 3 aromatic rings. The van der Waals surface area contributed by atoms with E-state index in [9.17, 15) is 4.79 Å². The molecule has 0 saturated heterocycles. The first-order valence-electron chi connectivity index (χ1n) is 8.94. The number of pyridine rings is 1. The molecule has 1 N–H and O–H groups in total. The number of rotatable bonds is 5. The van der Waals surface area contributed by atoms with Gasteiger partial charge in [-0.2, -0.15) is 5.10 Å². The second kappa shape index (κ2) is 6.57. The van der Waals surface area contributed by atoms with E-state index in [1.165, 1.54) is 5.56 Å². The van der Waals surface area contributed by atoms with Crippen LogP contribution < -0.4 is 5.32 Å². The number of carbonyl (C=O) groups excluding carboxylic acids is 1. The number of hydrogen-bond donors (Lipinski definition) is 1. The molecule has 1 aliphatic rings. The van der Waals surface area contributed by atoms with Gasteiger partial charge in [0, 0.05) is 17.7 Å². The highest BCUT2D eigenvalue weighted by Gasteiger charge is 2.49. The van der Waals surface area contributed by atoms with Crippen molar-refractivity contribution in [1.82, 2.24) is 14.9 Å². The summed E-state index contributed by atoms with van der Waals surface area (Å²) >= 11 is 0. The summed E-state index contributed by atoms with van der Waals surface area (Å²) in [5.41, 5.74) is 2.53. The number of ether oxygens (including phenoxy) is 1. The average Bonchev–Trinajstić information content (AvgIpc) is 3.13. The fraction of sp³-hybridized carbons (Fsp3) is 0.333. The van der Waals surface area contributed by atoms with Crippen molar-refractivity contribution >= 4 is 11.4 Å². The topological polar surface area (TPSA) is 55.6 Å². The first-order chi connectivity index (χ1) is 12.6. The smallest absolute Gasteiger partial charge is 0.253 e. The Morgan fingerprint density at radius 2 is 2.04 bits per heavy atom. The van der Waals surface area contributed by atoms with E-state index in [-0.39, 0.29) is 23.5 Å². The molecular weight excluding hydrogens is 326 g/mol. The van der Waals surface area contributed by atoms with Crippen LogP contribution in [0, 0.1) is 5.41 Å². The van der Waals surface area contributed by atoms with Gasteiger partial charge in [-0.1, -0.05) is 44.2 Å². The van der Waals surface area contributed by atoms with E-state index in [0.717, 1.165) is 11.9 Å². The predicted octanol–water partition coefficient (Wildman–Crippen LogP) is 3.45. The Kier molecular flexibility index (Phi) is 4.24. The molecule has 134 valence electrons. The lowest BCUT2D eigenvalue weighted by Crippen LogP contribution is -2.62. The average molecular weight is 349 g/mol. The maximum Gasteiger partial charge on any atom is 0.253 e. The van der Waals surface area contributed by atoms with Crippen LogP contribution in [0.2, 0.25) is 0 Å². The standard InChI is InChI=1S/C21H23N3O2/c1-21(2)18(13-19(21)26-14-15-7-4-3-5-8-15)23-20(25)16-9-6-12-24-17(16)10-11-22-24/h3-12,18-19H,13-14H2,1-2H3,(H,23,25). The van der Waals surface area contributed by atoms with Crippen molar-refractivity contribution in [3.8, 4) is 0 Å². The van der Waals surface area contributed by atoms with Gasteiger partial charge < -0.3 is 10.1 Å². The first-order valence-corrected chi connectivity index (χ1v) is 8.94. The molecule has 1 aliphatic carbocycles. The minimum atomic E-state index is -0.101. The minimum Gasteiger partial charge on any atom is -0.373 e. The first kappa shape index (κ1) is 16.8. The molecule has 2 unspecified atom stereocenters. The lowest BCUT2D eigenvalue weighted by Gasteiger charge is -2.51. The maximum absolute atomic E-state index is 12.7. The van der Waals surface area contributed by atoms with Crippen molar-refractivity contribution in [2.75, 3.05) is 0 Å².